The maximum Gasteiger partial charge on any atom is 0.202 e. The lowest BCUT2D eigenvalue weighted by molar-refractivity contribution is -0.917. The number of hydrogen-bond acceptors (Lipinski definition) is 2. The van der Waals surface area contributed by atoms with Crippen LogP contribution in [0.1, 0.15) is 17.0 Å². The van der Waals surface area contributed by atoms with Crippen molar-refractivity contribution in [3.63, 3.8) is 0 Å². The molecule has 1 N–H and O–H groups in total. The fourth-order valence-corrected chi connectivity index (χ4v) is 3.09. The SMILES string of the molecule is Cn1c(Cc2ccccc2)nn(C[NH+](C)Cc2cccc(F)c2)c1=S. The van der Waals surface area contributed by atoms with E-state index in [1.165, 1.54) is 16.5 Å². The Hall–Kier alpha value is -2.31. The summed E-state index contributed by atoms with van der Waals surface area (Å²) >= 11 is 5.52. The van der Waals surface area contributed by atoms with Crippen LogP contribution in [0.25, 0.3) is 0 Å². The van der Waals surface area contributed by atoms with Gasteiger partial charge in [-0.3, -0.25) is 0 Å². The topological polar surface area (TPSA) is 27.2 Å². The van der Waals surface area contributed by atoms with Crippen LogP contribution in [0.15, 0.2) is 54.6 Å². The molecule has 1 atom stereocenters. The number of quaternary nitrogens is 1. The molecule has 4 nitrogen and oxygen atoms in total. The van der Waals surface area contributed by atoms with Crippen LogP contribution in [0, 0.1) is 10.6 Å². The molecule has 0 aliphatic rings. The van der Waals surface area contributed by atoms with Crippen LogP contribution in [0.4, 0.5) is 4.39 Å². The van der Waals surface area contributed by atoms with Crippen molar-refractivity contribution in [2.24, 2.45) is 7.05 Å². The third-order valence-electron chi connectivity index (χ3n) is 4.15. The van der Waals surface area contributed by atoms with Gasteiger partial charge in [0.15, 0.2) is 6.67 Å². The highest BCUT2D eigenvalue weighted by atomic mass is 32.1. The number of aromatic nitrogens is 3. The summed E-state index contributed by atoms with van der Waals surface area (Å²) in [6.45, 7) is 1.35. The summed E-state index contributed by atoms with van der Waals surface area (Å²) in [5, 5.41) is 4.68. The lowest BCUT2D eigenvalue weighted by atomic mass is 10.1. The first-order valence-corrected chi connectivity index (χ1v) is 8.66. The molecule has 0 saturated carbocycles. The third-order valence-corrected chi connectivity index (χ3v) is 4.64. The minimum absolute atomic E-state index is 0.204. The number of nitrogens with zero attached hydrogens (tertiary/aromatic N) is 3. The highest BCUT2D eigenvalue weighted by Gasteiger charge is 2.12. The number of halogens is 1. The highest BCUT2D eigenvalue weighted by Crippen LogP contribution is 2.07. The van der Waals surface area contributed by atoms with Crippen LogP contribution in [0.5, 0.6) is 0 Å². The lowest BCUT2D eigenvalue weighted by Crippen LogP contribution is -3.07. The van der Waals surface area contributed by atoms with Gasteiger partial charge in [0.05, 0.1) is 7.05 Å². The van der Waals surface area contributed by atoms with E-state index in [1.54, 1.807) is 12.1 Å². The van der Waals surface area contributed by atoms with E-state index in [0.29, 0.717) is 18.0 Å². The zero-order valence-corrected chi connectivity index (χ0v) is 15.3. The van der Waals surface area contributed by atoms with E-state index < -0.39 is 0 Å². The standard InChI is InChI=1S/C19H21FN4S/c1-22(13-16-9-6-10-17(20)11-16)14-24-19(25)23(2)18(21-24)12-15-7-4-3-5-8-15/h3-11H,12-14H2,1-2H3/p+1. The molecule has 0 aliphatic heterocycles. The zero-order valence-electron chi connectivity index (χ0n) is 14.4. The molecule has 0 saturated heterocycles. The Bertz CT molecular complexity index is 901. The molecule has 6 heteroatoms. The monoisotopic (exact) mass is 357 g/mol. The molecular weight excluding hydrogens is 335 g/mol. The Morgan fingerprint density at radius 1 is 1.08 bits per heavy atom. The van der Waals surface area contributed by atoms with E-state index in [9.17, 15) is 4.39 Å². The summed E-state index contributed by atoms with van der Waals surface area (Å²) in [4.78, 5) is 1.19. The second kappa shape index (κ2) is 7.72. The zero-order chi connectivity index (χ0) is 17.8. The average molecular weight is 357 g/mol. The van der Waals surface area contributed by atoms with E-state index >= 15 is 0 Å². The molecule has 25 heavy (non-hydrogen) atoms. The largest absolute Gasteiger partial charge is 0.315 e. The normalized spacial score (nSPS) is 12.3. The highest BCUT2D eigenvalue weighted by molar-refractivity contribution is 7.71. The van der Waals surface area contributed by atoms with E-state index in [1.807, 2.05) is 40.6 Å². The van der Waals surface area contributed by atoms with Crippen molar-refractivity contribution in [1.29, 1.82) is 0 Å². The first-order chi connectivity index (χ1) is 12.0. The molecule has 2 aromatic carbocycles. The van der Waals surface area contributed by atoms with Gasteiger partial charge in [-0.1, -0.05) is 42.5 Å². The molecule has 0 spiro atoms. The Labute approximate surface area is 152 Å². The Kier molecular flexibility index (Phi) is 5.40. The van der Waals surface area contributed by atoms with E-state index in [-0.39, 0.29) is 5.82 Å². The Morgan fingerprint density at radius 2 is 1.80 bits per heavy atom. The summed E-state index contributed by atoms with van der Waals surface area (Å²) in [5.74, 6) is 0.736. The molecule has 1 unspecified atom stereocenters. The van der Waals surface area contributed by atoms with Gasteiger partial charge in [-0.25, -0.2) is 4.39 Å². The summed E-state index contributed by atoms with van der Waals surface area (Å²) in [6, 6.07) is 16.9. The van der Waals surface area contributed by atoms with Gasteiger partial charge in [-0.2, -0.15) is 9.78 Å². The molecule has 0 amide bonds. The lowest BCUT2D eigenvalue weighted by Gasteiger charge is -2.13. The van der Waals surface area contributed by atoms with Crippen molar-refractivity contribution >= 4 is 12.2 Å². The first kappa shape index (κ1) is 17.5. The molecule has 130 valence electrons. The molecular formula is C19H22FN4S+. The van der Waals surface area contributed by atoms with Gasteiger partial charge in [0.1, 0.15) is 18.2 Å². The van der Waals surface area contributed by atoms with Crippen LogP contribution in [-0.4, -0.2) is 21.4 Å². The van der Waals surface area contributed by atoms with Crippen molar-refractivity contribution in [3.05, 3.63) is 82.1 Å². The fourth-order valence-electron chi connectivity index (χ4n) is 2.88. The van der Waals surface area contributed by atoms with Crippen molar-refractivity contribution < 1.29 is 9.29 Å². The maximum atomic E-state index is 13.3. The van der Waals surface area contributed by atoms with Crippen LogP contribution in [-0.2, 0) is 26.7 Å². The van der Waals surface area contributed by atoms with Gasteiger partial charge < -0.3 is 9.47 Å². The fraction of sp³-hybridized carbons (Fsp3) is 0.263. The Balaban J connectivity index is 1.72. The number of benzene rings is 2. The molecule has 0 bridgehead atoms. The van der Waals surface area contributed by atoms with Gasteiger partial charge in [-0.15, -0.1) is 0 Å². The van der Waals surface area contributed by atoms with Gasteiger partial charge in [0.2, 0.25) is 4.77 Å². The first-order valence-electron chi connectivity index (χ1n) is 8.25. The van der Waals surface area contributed by atoms with E-state index in [0.717, 1.165) is 17.8 Å². The summed E-state index contributed by atoms with van der Waals surface area (Å²) in [6.07, 6.45) is 0.747. The van der Waals surface area contributed by atoms with Crippen LogP contribution in [0.3, 0.4) is 0 Å². The Morgan fingerprint density at radius 3 is 2.52 bits per heavy atom. The predicted octanol–water partition coefficient (Wildman–Crippen LogP) is 2.35. The van der Waals surface area contributed by atoms with Gasteiger partial charge in [0.25, 0.3) is 0 Å². The molecule has 0 aliphatic carbocycles. The summed E-state index contributed by atoms with van der Waals surface area (Å²) < 4.78 is 17.8. The van der Waals surface area contributed by atoms with Crippen LogP contribution < -0.4 is 4.90 Å². The average Bonchev–Trinajstić information content (AvgIpc) is 2.84. The second-order valence-corrected chi connectivity index (χ2v) is 6.71. The van der Waals surface area contributed by atoms with Crippen molar-refractivity contribution in [1.82, 2.24) is 14.3 Å². The van der Waals surface area contributed by atoms with Gasteiger partial charge in [-0.05, 0) is 29.9 Å². The number of nitrogens with one attached hydrogen (secondary N) is 1. The van der Waals surface area contributed by atoms with Gasteiger partial charge in [0, 0.05) is 19.0 Å². The van der Waals surface area contributed by atoms with Crippen molar-refractivity contribution in [2.75, 3.05) is 7.05 Å². The van der Waals surface area contributed by atoms with Crippen LogP contribution in [0.2, 0.25) is 0 Å². The molecule has 3 aromatic rings. The second-order valence-electron chi connectivity index (χ2n) is 6.34. The quantitative estimate of drug-likeness (QED) is 0.686. The molecule has 3 rings (SSSR count). The molecule has 1 heterocycles. The molecule has 1 aromatic heterocycles. The molecule has 0 radical (unpaired) electrons. The minimum Gasteiger partial charge on any atom is -0.315 e. The smallest absolute Gasteiger partial charge is 0.202 e. The van der Waals surface area contributed by atoms with Crippen molar-refractivity contribution in [3.8, 4) is 0 Å². The minimum atomic E-state index is -0.204. The maximum absolute atomic E-state index is 13.3. The van der Waals surface area contributed by atoms with E-state index in [4.69, 9.17) is 12.2 Å². The number of rotatable bonds is 6. The van der Waals surface area contributed by atoms with Gasteiger partial charge >= 0.3 is 0 Å². The van der Waals surface area contributed by atoms with Crippen LogP contribution >= 0.6 is 12.2 Å². The summed E-state index contributed by atoms with van der Waals surface area (Å²) in [7, 11) is 4.00. The van der Waals surface area contributed by atoms with Crippen molar-refractivity contribution in [2.45, 2.75) is 19.6 Å². The third kappa shape index (κ3) is 4.41. The molecule has 0 fully saturated rings. The van der Waals surface area contributed by atoms with E-state index in [2.05, 4.69) is 24.3 Å². The number of hydrogen-bond donors (Lipinski definition) is 1. The summed E-state index contributed by atoms with van der Waals surface area (Å²) in [5.41, 5.74) is 2.17. The predicted molar refractivity (Wildman–Crippen MR) is 98.3 cm³/mol.